The van der Waals surface area contributed by atoms with Gasteiger partial charge in [-0.15, -0.1) is 0 Å². The molecule has 0 spiro atoms. The van der Waals surface area contributed by atoms with Gasteiger partial charge in [0.05, 0.1) is 25.2 Å². The Hall–Kier alpha value is -2.70. The van der Waals surface area contributed by atoms with E-state index in [4.69, 9.17) is 0 Å². The maximum absolute atomic E-state index is 11.7. The second kappa shape index (κ2) is 8.20. The summed E-state index contributed by atoms with van der Waals surface area (Å²) in [5, 5.41) is 6.37. The summed E-state index contributed by atoms with van der Waals surface area (Å²) in [7, 11) is 0. The molecule has 0 aromatic heterocycles. The molecule has 2 fully saturated rings. The van der Waals surface area contributed by atoms with Gasteiger partial charge in [0.2, 0.25) is 11.8 Å². The molecule has 2 aromatic carbocycles. The molecule has 0 unspecified atom stereocenters. The van der Waals surface area contributed by atoms with Crippen molar-refractivity contribution in [2.45, 2.75) is 24.9 Å². The van der Waals surface area contributed by atoms with E-state index in [2.05, 4.69) is 59.2 Å². The van der Waals surface area contributed by atoms with Crippen molar-refractivity contribution >= 4 is 11.8 Å². The molecule has 4 aliphatic heterocycles. The number of fused-ring (bicyclic) bond motifs is 6. The fourth-order valence-corrected chi connectivity index (χ4v) is 5.18. The van der Waals surface area contributed by atoms with Gasteiger partial charge in [0.25, 0.3) is 0 Å². The standard InChI is InChI=1S/2C12H14N2O/c2*15-12-8-13-7-11-10-4-2-1-3-9(10)5-6-14(11)12/h2*1-4,11,13H,5-8H2/t2*11-/m10/s1. The highest BCUT2D eigenvalue weighted by atomic mass is 16.2. The molecule has 2 N–H and O–H groups in total. The van der Waals surface area contributed by atoms with E-state index in [0.29, 0.717) is 13.1 Å². The van der Waals surface area contributed by atoms with Crippen LogP contribution in [-0.2, 0) is 22.4 Å². The molecule has 4 aliphatic rings. The molecule has 30 heavy (non-hydrogen) atoms. The molecular weight excluding hydrogens is 376 g/mol. The van der Waals surface area contributed by atoms with Gasteiger partial charge in [-0.3, -0.25) is 9.59 Å². The van der Waals surface area contributed by atoms with Crippen molar-refractivity contribution in [1.29, 1.82) is 0 Å². The number of carbonyl (C=O) groups is 2. The highest BCUT2D eigenvalue weighted by Gasteiger charge is 2.33. The van der Waals surface area contributed by atoms with Gasteiger partial charge in [-0.05, 0) is 35.1 Å². The molecule has 156 valence electrons. The molecule has 2 atom stereocenters. The van der Waals surface area contributed by atoms with Crippen molar-refractivity contribution < 1.29 is 9.59 Å². The Labute approximate surface area is 177 Å². The first kappa shape index (κ1) is 19.3. The summed E-state index contributed by atoms with van der Waals surface area (Å²) in [4.78, 5) is 27.4. The zero-order chi connectivity index (χ0) is 20.5. The van der Waals surface area contributed by atoms with Gasteiger partial charge in [-0.1, -0.05) is 48.5 Å². The highest BCUT2D eigenvalue weighted by Crippen LogP contribution is 2.31. The lowest BCUT2D eigenvalue weighted by atomic mass is 9.91. The van der Waals surface area contributed by atoms with E-state index < -0.39 is 0 Å². The number of benzene rings is 2. The predicted octanol–water partition coefficient (Wildman–Crippen LogP) is 1.43. The molecule has 0 bridgehead atoms. The summed E-state index contributed by atoms with van der Waals surface area (Å²) in [5.74, 6) is 0.474. The van der Waals surface area contributed by atoms with Crippen molar-refractivity contribution in [3.63, 3.8) is 0 Å². The summed E-state index contributed by atoms with van der Waals surface area (Å²) < 4.78 is 0. The predicted molar refractivity (Wildman–Crippen MR) is 115 cm³/mol. The Bertz CT molecular complexity index is 882. The molecule has 2 amide bonds. The largest absolute Gasteiger partial charge is 0.333 e. The normalized spacial score (nSPS) is 24.7. The Morgan fingerprint density at radius 2 is 1.10 bits per heavy atom. The van der Waals surface area contributed by atoms with Crippen LogP contribution in [0.15, 0.2) is 48.5 Å². The van der Waals surface area contributed by atoms with Crippen LogP contribution in [0.25, 0.3) is 0 Å². The van der Waals surface area contributed by atoms with Crippen LogP contribution < -0.4 is 10.6 Å². The Morgan fingerprint density at radius 1 is 0.667 bits per heavy atom. The van der Waals surface area contributed by atoms with Crippen LogP contribution in [0.4, 0.5) is 0 Å². The van der Waals surface area contributed by atoms with E-state index in [0.717, 1.165) is 39.0 Å². The van der Waals surface area contributed by atoms with E-state index in [-0.39, 0.29) is 23.9 Å². The quantitative estimate of drug-likeness (QED) is 0.697. The van der Waals surface area contributed by atoms with E-state index in [1.54, 1.807) is 0 Å². The minimum Gasteiger partial charge on any atom is -0.333 e. The average molecular weight is 405 g/mol. The maximum Gasteiger partial charge on any atom is 0.237 e. The van der Waals surface area contributed by atoms with Gasteiger partial charge in [-0.25, -0.2) is 0 Å². The number of nitrogens with zero attached hydrogens (tertiary/aromatic N) is 2. The van der Waals surface area contributed by atoms with Crippen molar-refractivity contribution in [3.05, 3.63) is 70.8 Å². The fraction of sp³-hybridized carbons (Fsp3) is 0.417. The smallest absolute Gasteiger partial charge is 0.237 e. The molecule has 0 radical (unpaired) electrons. The number of carbonyl (C=O) groups excluding carboxylic acids is 2. The molecule has 6 heteroatoms. The number of nitrogens with one attached hydrogen (secondary N) is 2. The summed E-state index contributed by atoms with van der Waals surface area (Å²) >= 11 is 0. The number of rotatable bonds is 0. The minimum atomic E-state index is 0.237. The zero-order valence-corrected chi connectivity index (χ0v) is 17.1. The molecule has 2 saturated heterocycles. The zero-order valence-electron chi connectivity index (χ0n) is 17.1. The second-order valence-corrected chi connectivity index (χ2v) is 8.37. The van der Waals surface area contributed by atoms with Crippen LogP contribution in [0.5, 0.6) is 0 Å². The monoisotopic (exact) mass is 404 g/mol. The van der Waals surface area contributed by atoms with Crippen LogP contribution in [0.3, 0.4) is 0 Å². The molecule has 2 aromatic rings. The van der Waals surface area contributed by atoms with Crippen molar-refractivity contribution in [2.75, 3.05) is 39.3 Å². The average Bonchev–Trinajstić information content (AvgIpc) is 2.80. The molecule has 0 aliphatic carbocycles. The first-order valence-corrected chi connectivity index (χ1v) is 10.9. The lowest BCUT2D eigenvalue weighted by Gasteiger charge is -2.40. The molecule has 4 heterocycles. The molecule has 0 saturated carbocycles. The molecular formula is C24H28N4O2. The van der Waals surface area contributed by atoms with Gasteiger partial charge in [0.1, 0.15) is 0 Å². The molecule has 6 rings (SSSR count). The maximum atomic E-state index is 11.7. The van der Waals surface area contributed by atoms with Gasteiger partial charge in [0, 0.05) is 26.2 Å². The third kappa shape index (κ3) is 3.50. The van der Waals surface area contributed by atoms with Crippen LogP contribution in [-0.4, -0.2) is 60.9 Å². The third-order valence-electron chi connectivity index (χ3n) is 6.69. The van der Waals surface area contributed by atoms with Crippen molar-refractivity contribution in [2.24, 2.45) is 0 Å². The molecule has 6 nitrogen and oxygen atoms in total. The summed E-state index contributed by atoms with van der Waals surface area (Å²) in [5.41, 5.74) is 5.44. The lowest BCUT2D eigenvalue weighted by Crippen LogP contribution is -2.52. The topological polar surface area (TPSA) is 64.7 Å². The second-order valence-electron chi connectivity index (χ2n) is 8.37. The summed E-state index contributed by atoms with van der Waals surface area (Å²) in [6, 6.07) is 17.4. The summed E-state index contributed by atoms with van der Waals surface area (Å²) in [6.45, 7) is 4.53. The van der Waals surface area contributed by atoms with E-state index in [1.807, 2.05) is 9.80 Å². The lowest BCUT2D eigenvalue weighted by molar-refractivity contribution is -0.136. The minimum absolute atomic E-state index is 0.237. The van der Waals surface area contributed by atoms with Crippen molar-refractivity contribution in [3.8, 4) is 0 Å². The van der Waals surface area contributed by atoms with Gasteiger partial charge < -0.3 is 20.4 Å². The number of piperazine rings is 2. The summed E-state index contributed by atoms with van der Waals surface area (Å²) in [6.07, 6.45) is 2.00. The van der Waals surface area contributed by atoms with Crippen LogP contribution in [0, 0.1) is 0 Å². The Morgan fingerprint density at radius 3 is 1.57 bits per heavy atom. The van der Waals surface area contributed by atoms with Gasteiger partial charge >= 0.3 is 0 Å². The Balaban J connectivity index is 0.000000128. The van der Waals surface area contributed by atoms with Crippen LogP contribution in [0.1, 0.15) is 34.3 Å². The Kier molecular flexibility index (Phi) is 5.27. The first-order chi connectivity index (χ1) is 14.7. The highest BCUT2D eigenvalue weighted by molar-refractivity contribution is 5.80. The van der Waals surface area contributed by atoms with E-state index in [1.165, 1.54) is 22.3 Å². The van der Waals surface area contributed by atoms with Gasteiger partial charge in [0.15, 0.2) is 0 Å². The SMILES string of the molecule is O=C1CNC[C@@H]2c3ccccc3CCN12.O=C1CNC[C@H]2c3ccccc3CCN12. The fourth-order valence-electron chi connectivity index (χ4n) is 5.18. The number of amides is 2. The number of hydrogen-bond donors (Lipinski definition) is 2. The van der Waals surface area contributed by atoms with E-state index in [9.17, 15) is 9.59 Å². The van der Waals surface area contributed by atoms with Crippen molar-refractivity contribution in [1.82, 2.24) is 20.4 Å². The third-order valence-corrected chi connectivity index (χ3v) is 6.69. The van der Waals surface area contributed by atoms with Gasteiger partial charge in [-0.2, -0.15) is 0 Å². The van der Waals surface area contributed by atoms with Crippen LogP contribution in [0.2, 0.25) is 0 Å². The van der Waals surface area contributed by atoms with E-state index >= 15 is 0 Å². The first-order valence-electron chi connectivity index (χ1n) is 10.9. The number of hydrogen-bond acceptors (Lipinski definition) is 4. The van der Waals surface area contributed by atoms with Crippen LogP contribution >= 0.6 is 0 Å².